The van der Waals surface area contributed by atoms with Crippen LogP contribution in [-0.2, 0) is 0 Å². The Balaban J connectivity index is 2.53. The SMILES string of the molecule is CCNC(c1ccc(C)cc1F)c1cc(C)ccc1F. The van der Waals surface area contributed by atoms with Gasteiger partial charge in [-0.15, -0.1) is 0 Å². The molecule has 1 unspecified atom stereocenters. The molecule has 0 aliphatic rings. The number of halogens is 2. The van der Waals surface area contributed by atoms with E-state index in [2.05, 4.69) is 5.32 Å². The molecule has 0 saturated carbocycles. The average Bonchev–Trinajstić information content (AvgIpc) is 2.40. The van der Waals surface area contributed by atoms with E-state index in [0.717, 1.165) is 11.1 Å². The van der Waals surface area contributed by atoms with Gasteiger partial charge in [0.15, 0.2) is 0 Å². The number of hydrogen-bond acceptors (Lipinski definition) is 1. The first kappa shape index (κ1) is 14.7. The van der Waals surface area contributed by atoms with Gasteiger partial charge < -0.3 is 5.32 Å². The Hall–Kier alpha value is -1.74. The van der Waals surface area contributed by atoms with E-state index < -0.39 is 6.04 Å². The molecule has 2 rings (SSSR count). The molecule has 0 fully saturated rings. The van der Waals surface area contributed by atoms with E-state index in [1.165, 1.54) is 12.1 Å². The Bertz CT molecular complexity index is 608. The predicted octanol–water partition coefficient (Wildman–Crippen LogP) is 4.28. The molecule has 0 aliphatic carbocycles. The summed E-state index contributed by atoms with van der Waals surface area (Å²) in [4.78, 5) is 0. The molecule has 0 heterocycles. The second kappa shape index (κ2) is 6.14. The molecule has 0 bridgehead atoms. The van der Waals surface area contributed by atoms with Crippen molar-refractivity contribution >= 4 is 0 Å². The van der Waals surface area contributed by atoms with Crippen molar-refractivity contribution < 1.29 is 8.78 Å². The highest BCUT2D eigenvalue weighted by Crippen LogP contribution is 2.27. The van der Waals surface area contributed by atoms with Gasteiger partial charge in [-0.25, -0.2) is 8.78 Å². The molecule has 1 atom stereocenters. The lowest BCUT2D eigenvalue weighted by Crippen LogP contribution is -2.24. The van der Waals surface area contributed by atoms with Crippen LogP contribution in [0.3, 0.4) is 0 Å². The summed E-state index contributed by atoms with van der Waals surface area (Å²) in [7, 11) is 0. The summed E-state index contributed by atoms with van der Waals surface area (Å²) in [6, 6.07) is 9.49. The van der Waals surface area contributed by atoms with Crippen molar-refractivity contribution in [3.8, 4) is 0 Å². The Morgan fingerprint density at radius 2 is 1.55 bits per heavy atom. The topological polar surface area (TPSA) is 12.0 Å². The molecular weight excluding hydrogens is 256 g/mol. The minimum Gasteiger partial charge on any atom is -0.306 e. The second-order valence-corrected chi connectivity index (χ2v) is 5.04. The smallest absolute Gasteiger partial charge is 0.128 e. The Morgan fingerprint density at radius 3 is 2.20 bits per heavy atom. The van der Waals surface area contributed by atoms with Crippen LogP contribution in [0, 0.1) is 25.5 Å². The molecule has 0 aliphatic heterocycles. The fourth-order valence-electron chi connectivity index (χ4n) is 2.34. The van der Waals surface area contributed by atoms with Crippen molar-refractivity contribution in [3.63, 3.8) is 0 Å². The van der Waals surface area contributed by atoms with Crippen molar-refractivity contribution in [2.75, 3.05) is 6.54 Å². The van der Waals surface area contributed by atoms with Gasteiger partial charge in [0.1, 0.15) is 11.6 Å². The molecule has 20 heavy (non-hydrogen) atoms. The summed E-state index contributed by atoms with van der Waals surface area (Å²) in [6.45, 7) is 6.29. The van der Waals surface area contributed by atoms with Crippen LogP contribution in [0.1, 0.15) is 35.2 Å². The summed E-state index contributed by atoms with van der Waals surface area (Å²) in [6.07, 6.45) is 0. The first-order valence-electron chi connectivity index (χ1n) is 6.78. The number of rotatable bonds is 4. The number of benzene rings is 2. The third-order valence-corrected chi connectivity index (χ3v) is 3.34. The monoisotopic (exact) mass is 275 g/mol. The van der Waals surface area contributed by atoms with Gasteiger partial charge in [-0.05, 0) is 38.1 Å². The summed E-state index contributed by atoms with van der Waals surface area (Å²) in [5, 5.41) is 3.16. The number of hydrogen-bond donors (Lipinski definition) is 1. The number of nitrogens with one attached hydrogen (secondary N) is 1. The maximum Gasteiger partial charge on any atom is 0.128 e. The zero-order valence-electron chi connectivity index (χ0n) is 12.0. The van der Waals surface area contributed by atoms with E-state index in [1.54, 1.807) is 18.2 Å². The van der Waals surface area contributed by atoms with Crippen LogP contribution in [0.5, 0.6) is 0 Å². The minimum absolute atomic E-state index is 0.308. The van der Waals surface area contributed by atoms with Crippen LogP contribution in [0.15, 0.2) is 36.4 Å². The van der Waals surface area contributed by atoms with Gasteiger partial charge in [0.25, 0.3) is 0 Å². The third kappa shape index (κ3) is 3.05. The quantitative estimate of drug-likeness (QED) is 0.878. The van der Waals surface area contributed by atoms with Crippen molar-refractivity contribution in [1.82, 2.24) is 5.32 Å². The minimum atomic E-state index is -0.472. The van der Waals surface area contributed by atoms with E-state index >= 15 is 0 Å². The summed E-state index contributed by atoms with van der Waals surface area (Å²) in [5.41, 5.74) is 2.76. The first-order valence-corrected chi connectivity index (χ1v) is 6.78. The second-order valence-electron chi connectivity index (χ2n) is 5.04. The molecule has 0 amide bonds. The molecule has 3 heteroatoms. The van der Waals surface area contributed by atoms with E-state index in [-0.39, 0.29) is 11.6 Å². The molecule has 0 aromatic heterocycles. The lowest BCUT2D eigenvalue weighted by Gasteiger charge is -2.21. The largest absolute Gasteiger partial charge is 0.306 e. The van der Waals surface area contributed by atoms with Crippen molar-refractivity contribution in [1.29, 1.82) is 0 Å². The fraction of sp³-hybridized carbons (Fsp3) is 0.294. The molecule has 1 nitrogen and oxygen atoms in total. The molecule has 2 aromatic rings. The normalized spacial score (nSPS) is 12.4. The Labute approximate surface area is 118 Å². The van der Waals surface area contributed by atoms with Gasteiger partial charge >= 0.3 is 0 Å². The van der Waals surface area contributed by atoms with Crippen molar-refractivity contribution in [2.45, 2.75) is 26.8 Å². The molecule has 106 valence electrons. The lowest BCUT2D eigenvalue weighted by atomic mass is 9.95. The van der Waals surface area contributed by atoms with Gasteiger partial charge in [-0.3, -0.25) is 0 Å². The van der Waals surface area contributed by atoms with Gasteiger partial charge in [0, 0.05) is 11.1 Å². The zero-order valence-corrected chi connectivity index (χ0v) is 12.0. The van der Waals surface area contributed by atoms with E-state index in [1.807, 2.05) is 26.8 Å². The van der Waals surface area contributed by atoms with Gasteiger partial charge in [0.2, 0.25) is 0 Å². The van der Waals surface area contributed by atoms with Gasteiger partial charge in [-0.1, -0.05) is 36.8 Å². The average molecular weight is 275 g/mol. The van der Waals surface area contributed by atoms with Gasteiger partial charge in [0.05, 0.1) is 6.04 Å². The van der Waals surface area contributed by atoms with Gasteiger partial charge in [-0.2, -0.15) is 0 Å². The summed E-state index contributed by atoms with van der Waals surface area (Å²) < 4.78 is 28.3. The molecular formula is C17H19F2N. The highest BCUT2D eigenvalue weighted by Gasteiger charge is 2.20. The van der Waals surface area contributed by atoms with Crippen LogP contribution in [0.25, 0.3) is 0 Å². The molecule has 0 saturated heterocycles. The standard InChI is InChI=1S/C17H19F2N/c1-4-20-17(13-7-5-12(3)10-16(13)19)14-9-11(2)6-8-15(14)18/h5-10,17,20H,4H2,1-3H3. The molecule has 0 radical (unpaired) electrons. The zero-order chi connectivity index (χ0) is 14.7. The Morgan fingerprint density at radius 1 is 0.900 bits per heavy atom. The molecule has 1 N–H and O–H groups in total. The van der Waals surface area contributed by atoms with Crippen LogP contribution >= 0.6 is 0 Å². The maximum absolute atomic E-state index is 14.2. The maximum atomic E-state index is 14.2. The Kier molecular flexibility index (Phi) is 4.50. The predicted molar refractivity (Wildman–Crippen MR) is 77.8 cm³/mol. The highest BCUT2D eigenvalue weighted by molar-refractivity contribution is 5.37. The first-order chi connectivity index (χ1) is 9.52. The van der Waals surface area contributed by atoms with E-state index in [9.17, 15) is 8.78 Å². The van der Waals surface area contributed by atoms with Crippen LogP contribution < -0.4 is 5.32 Å². The summed E-state index contributed by atoms with van der Waals surface area (Å²) in [5.74, 6) is -0.626. The van der Waals surface area contributed by atoms with E-state index in [0.29, 0.717) is 17.7 Å². The molecule has 2 aromatic carbocycles. The van der Waals surface area contributed by atoms with Crippen molar-refractivity contribution in [3.05, 3.63) is 70.3 Å². The third-order valence-electron chi connectivity index (χ3n) is 3.34. The fourth-order valence-corrected chi connectivity index (χ4v) is 2.34. The van der Waals surface area contributed by atoms with Crippen LogP contribution in [0.2, 0.25) is 0 Å². The van der Waals surface area contributed by atoms with E-state index in [4.69, 9.17) is 0 Å². The molecule has 0 spiro atoms. The summed E-state index contributed by atoms with van der Waals surface area (Å²) >= 11 is 0. The van der Waals surface area contributed by atoms with Crippen molar-refractivity contribution in [2.24, 2.45) is 0 Å². The number of aryl methyl sites for hydroxylation is 2. The highest BCUT2D eigenvalue weighted by atomic mass is 19.1. The van der Waals surface area contributed by atoms with Crippen LogP contribution in [0.4, 0.5) is 8.78 Å². The van der Waals surface area contributed by atoms with Crippen LogP contribution in [-0.4, -0.2) is 6.54 Å². The lowest BCUT2D eigenvalue weighted by molar-refractivity contribution is 0.530.